The first-order valence-electron chi connectivity index (χ1n) is 5.68. The summed E-state index contributed by atoms with van der Waals surface area (Å²) >= 11 is 0. The number of hydrogen-bond donors (Lipinski definition) is 1. The van der Waals surface area contributed by atoms with Gasteiger partial charge in [-0.2, -0.15) is 0 Å². The highest BCUT2D eigenvalue weighted by atomic mass is 14.9. The normalized spacial score (nSPS) is 11.0. The molecule has 0 aliphatic heterocycles. The zero-order valence-corrected chi connectivity index (χ0v) is 10.2. The Morgan fingerprint density at radius 1 is 1.33 bits per heavy atom. The van der Waals surface area contributed by atoms with Crippen molar-refractivity contribution in [3.63, 3.8) is 0 Å². The lowest BCUT2D eigenvalue weighted by Crippen LogP contribution is -2.22. The highest BCUT2D eigenvalue weighted by Crippen LogP contribution is 2.03. The van der Waals surface area contributed by atoms with Gasteiger partial charge in [-0.3, -0.25) is 0 Å². The Balaban J connectivity index is 2.70. The highest BCUT2D eigenvalue weighted by molar-refractivity contribution is 5.10. The maximum absolute atomic E-state index is 4.52. The van der Waals surface area contributed by atoms with Crippen LogP contribution < -0.4 is 5.32 Å². The van der Waals surface area contributed by atoms with E-state index in [0.717, 1.165) is 36.6 Å². The Labute approximate surface area is 92.3 Å². The molecule has 0 aliphatic carbocycles. The van der Waals surface area contributed by atoms with Crippen LogP contribution in [-0.2, 0) is 13.0 Å². The Morgan fingerprint density at radius 3 is 2.67 bits per heavy atom. The molecule has 3 heteroatoms. The molecule has 0 amide bonds. The van der Waals surface area contributed by atoms with Crippen molar-refractivity contribution in [1.29, 1.82) is 0 Å². The van der Waals surface area contributed by atoms with E-state index >= 15 is 0 Å². The predicted octanol–water partition coefficient (Wildman–Crippen LogP) is 2.24. The van der Waals surface area contributed by atoms with Crippen LogP contribution in [0.3, 0.4) is 0 Å². The zero-order valence-electron chi connectivity index (χ0n) is 10.2. The SMILES string of the molecule is CCCc1nc(C)cc(CNC(C)C)n1. The van der Waals surface area contributed by atoms with Gasteiger partial charge in [-0.25, -0.2) is 9.97 Å². The molecule has 3 nitrogen and oxygen atoms in total. The topological polar surface area (TPSA) is 37.8 Å². The van der Waals surface area contributed by atoms with E-state index in [-0.39, 0.29) is 0 Å². The molecule has 1 aromatic heterocycles. The molecule has 84 valence electrons. The molecule has 0 saturated heterocycles. The van der Waals surface area contributed by atoms with Gasteiger partial charge in [0.15, 0.2) is 0 Å². The second-order valence-corrected chi connectivity index (χ2v) is 4.20. The van der Waals surface area contributed by atoms with Gasteiger partial charge in [0.2, 0.25) is 0 Å². The second-order valence-electron chi connectivity index (χ2n) is 4.20. The molecule has 15 heavy (non-hydrogen) atoms. The van der Waals surface area contributed by atoms with Crippen LogP contribution in [-0.4, -0.2) is 16.0 Å². The summed E-state index contributed by atoms with van der Waals surface area (Å²) in [5, 5.41) is 3.37. The molecule has 0 saturated carbocycles. The third kappa shape index (κ3) is 4.38. The quantitative estimate of drug-likeness (QED) is 0.804. The van der Waals surface area contributed by atoms with Gasteiger partial charge < -0.3 is 5.32 Å². The van der Waals surface area contributed by atoms with Crippen LogP contribution in [0.25, 0.3) is 0 Å². The first-order chi connectivity index (χ1) is 7.11. The minimum absolute atomic E-state index is 0.495. The standard InChI is InChI=1S/C12H21N3/c1-5-6-12-14-10(4)7-11(15-12)8-13-9(2)3/h7,9,13H,5-6,8H2,1-4H3. The summed E-state index contributed by atoms with van der Waals surface area (Å²) in [6, 6.07) is 2.55. The van der Waals surface area contributed by atoms with Gasteiger partial charge >= 0.3 is 0 Å². The lowest BCUT2D eigenvalue weighted by atomic mass is 10.2. The molecule has 0 spiro atoms. The van der Waals surface area contributed by atoms with Gasteiger partial charge in [0.05, 0.1) is 5.69 Å². The molecular weight excluding hydrogens is 186 g/mol. The number of rotatable bonds is 5. The minimum Gasteiger partial charge on any atom is -0.309 e. The van der Waals surface area contributed by atoms with Crippen LogP contribution >= 0.6 is 0 Å². The summed E-state index contributed by atoms with van der Waals surface area (Å²) in [7, 11) is 0. The third-order valence-electron chi connectivity index (χ3n) is 2.12. The van der Waals surface area contributed by atoms with E-state index in [1.165, 1.54) is 0 Å². The lowest BCUT2D eigenvalue weighted by Gasteiger charge is -2.09. The molecule has 0 aromatic carbocycles. The van der Waals surface area contributed by atoms with Crippen molar-refractivity contribution < 1.29 is 0 Å². The molecular formula is C12H21N3. The van der Waals surface area contributed by atoms with Gasteiger partial charge in [0.1, 0.15) is 5.82 Å². The maximum atomic E-state index is 4.52. The Morgan fingerprint density at radius 2 is 2.07 bits per heavy atom. The van der Waals surface area contributed by atoms with Crippen molar-refractivity contribution in [2.75, 3.05) is 0 Å². The molecule has 1 aromatic rings. The van der Waals surface area contributed by atoms with Crippen molar-refractivity contribution in [1.82, 2.24) is 15.3 Å². The third-order valence-corrected chi connectivity index (χ3v) is 2.12. The Bertz CT molecular complexity index is 308. The smallest absolute Gasteiger partial charge is 0.128 e. The Hall–Kier alpha value is -0.960. The fourth-order valence-electron chi connectivity index (χ4n) is 1.43. The fourth-order valence-corrected chi connectivity index (χ4v) is 1.43. The van der Waals surface area contributed by atoms with Crippen molar-refractivity contribution in [3.05, 3.63) is 23.3 Å². The summed E-state index contributed by atoms with van der Waals surface area (Å²) in [5.74, 6) is 0.970. The van der Waals surface area contributed by atoms with E-state index in [9.17, 15) is 0 Å². The summed E-state index contributed by atoms with van der Waals surface area (Å²) in [5.41, 5.74) is 2.16. The van der Waals surface area contributed by atoms with E-state index in [1.54, 1.807) is 0 Å². The van der Waals surface area contributed by atoms with Gasteiger partial charge in [-0.15, -0.1) is 0 Å². The average Bonchev–Trinajstić information content (AvgIpc) is 2.14. The average molecular weight is 207 g/mol. The lowest BCUT2D eigenvalue weighted by molar-refractivity contribution is 0.578. The molecule has 1 heterocycles. The van der Waals surface area contributed by atoms with Crippen LogP contribution in [0.1, 0.15) is 44.4 Å². The number of nitrogens with zero attached hydrogens (tertiary/aromatic N) is 2. The monoisotopic (exact) mass is 207 g/mol. The number of aromatic nitrogens is 2. The highest BCUT2D eigenvalue weighted by Gasteiger charge is 2.02. The molecule has 1 N–H and O–H groups in total. The predicted molar refractivity (Wildman–Crippen MR) is 62.7 cm³/mol. The van der Waals surface area contributed by atoms with E-state index in [0.29, 0.717) is 6.04 Å². The number of hydrogen-bond acceptors (Lipinski definition) is 3. The molecule has 0 bridgehead atoms. The van der Waals surface area contributed by atoms with Crippen LogP contribution in [0, 0.1) is 6.92 Å². The zero-order chi connectivity index (χ0) is 11.3. The molecule has 0 aliphatic rings. The van der Waals surface area contributed by atoms with Crippen LogP contribution in [0.4, 0.5) is 0 Å². The van der Waals surface area contributed by atoms with Crippen molar-refractivity contribution in [3.8, 4) is 0 Å². The number of nitrogens with one attached hydrogen (secondary N) is 1. The summed E-state index contributed by atoms with van der Waals surface area (Å²) in [6.45, 7) is 9.29. The molecule has 0 unspecified atom stereocenters. The van der Waals surface area contributed by atoms with Crippen LogP contribution in [0.5, 0.6) is 0 Å². The van der Waals surface area contributed by atoms with Crippen molar-refractivity contribution in [2.24, 2.45) is 0 Å². The first-order valence-corrected chi connectivity index (χ1v) is 5.68. The second kappa shape index (κ2) is 5.81. The molecule has 0 atom stereocenters. The first kappa shape index (κ1) is 12.1. The van der Waals surface area contributed by atoms with E-state index < -0.39 is 0 Å². The van der Waals surface area contributed by atoms with E-state index in [2.05, 4.69) is 42.1 Å². The molecule has 0 fully saturated rings. The van der Waals surface area contributed by atoms with Gasteiger partial charge in [-0.1, -0.05) is 20.8 Å². The molecule has 1 rings (SSSR count). The van der Waals surface area contributed by atoms with Crippen molar-refractivity contribution in [2.45, 2.75) is 53.1 Å². The fraction of sp³-hybridized carbons (Fsp3) is 0.667. The largest absolute Gasteiger partial charge is 0.309 e. The Kier molecular flexibility index (Phi) is 4.69. The van der Waals surface area contributed by atoms with Gasteiger partial charge in [0, 0.05) is 24.7 Å². The summed E-state index contributed by atoms with van der Waals surface area (Å²) < 4.78 is 0. The van der Waals surface area contributed by atoms with E-state index in [4.69, 9.17) is 0 Å². The summed E-state index contributed by atoms with van der Waals surface area (Å²) in [4.78, 5) is 8.93. The van der Waals surface area contributed by atoms with Crippen molar-refractivity contribution >= 4 is 0 Å². The maximum Gasteiger partial charge on any atom is 0.128 e. The van der Waals surface area contributed by atoms with Crippen LogP contribution in [0.15, 0.2) is 6.07 Å². The van der Waals surface area contributed by atoms with Gasteiger partial charge in [0.25, 0.3) is 0 Å². The van der Waals surface area contributed by atoms with Gasteiger partial charge in [-0.05, 0) is 19.4 Å². The minimum atomic E-state index is 0.495. The number of aryl methyl sites for hydroxylation is 2. The van der Waals surface area contributed by atoms with Crippen LogP contribution in [0.2, 0.25) is 0 Å². The molecule has 0 radical (unpaired) electrons. The summed E-state index contributed by atoms with van der Waals surface area (Å²) in [6.07, 6.45) is 2.07. The van der Waals surface area contributed by atoms with E-state index in [1.807, 2.05) is 6.92 Å².